The summed E-state index contributed by atoms with van der Waals surface area (Å²) in [7, 11) is 0. The van der Waals surface area contributed by atoms with Crippen molar-refractivity contribution in [3.63, 3.8) is 0 Å². The first kappa shape index (κ1) is 15.6. The highest BCUT2D eigenvalue weighted by atomic mass is 32.1. The number of nitro groups is 1. The number of carbonyl (C=O) groups excluding carboxylic acids is 1. The van der Waals surface area contributed by atoms with Crippen molar-refractivity contribution >= 4 is 38.4 Å². The number of hydrogen-bond acceptors (Lipinski definition) is 6. The van der Waals surface area contributed by atoms with Crippen molar-refractivity contribution < 1.29 is 14.5 Å². The van der Waals surface area contributed by atoms with E-state index in [1.165, 1.54) is 23.5 Å². The van der Waals surface area contributed by atoms with E-state index in [-0.39, 0.29) is 23.9 Å². The van der Waals surface area contributed by atoms with E-state index < -0.39 is 4.92 Å². The van der Waals surface area contributed by atoms with E-state index in [0.717, 1.165) is 0 Å². The minimum absolute atomic E-state index is 0.00913. The number of anilines is 1. The van der Waals surface area contributed by atoms with Crippen LogP contribution in [-0.2, 0) is 4.74 Å². The number of ether oxygens (including phenoxy) is 1. The van der Waals surface area contributed by atoms with Crippen LogP contribution in [0.1, 0.15) is 13.8 Å². The normalized spacial score (nSPS) is 21.4. The van der Waals surface area contributed by atoms with Gasteiger partial charge in [-0.2, -0.15) is 0 Å². The number of nitrogens with one attached hydrogen (secondary N) is 1. The number of urea groups is 1. The zero-order valence-corrected chi connectivity index (χ0v) is 13.5. The van der Waals surface area contributed by atoms with Crippen molar-refractivity contribution in [2.75, 3.05) is 18.4 Å². The van der Waals surface area contributed by atoms with Gasteiger partial charge in [0, 0.05) is 25.2 Å². The Morgan fingerprint density at radius 2 is 2.13 bits per heavy atom. The van der Waals surface area contributed by atoms with E-state index >= 15 is 0 Å². The molecule has 1 N–H and O–H groups in total. The number of amides is 2. The Morgan fingerprint density at radius 3 is 2.78 bits per heavy atom. The van der Waals surface area contributed by atoms with Crippen molar-refractivity contribution in [2.24, 2.45) is 0 Å². The molecule has 8 nitrogen and oxygen atoms in total. The smallest absolute Gasteiger partial charge is 0.323 e. The van der Waals surface area contributed by atoms with Crippen LogP contribution >= 0.6 is 11.3 Å². The highest BCUT2D eigenvalue weighted by Crippen LogP contribution is 2.29. The number of nitro benzene ring substituents is 1. The molecule has 0 aliphatic carbocycles. The molecule has 122 valence electrons. The van der Waals surface area contributed by atoms with Crippen LogP contribution in [0.15, 0.2) is 18.2 Å². The predicted molar refractivity (Wildman–Crippen MR) is 86.9 cm³/mol. The molecular weight excluding hydrogens is 320 g/mol. The maximum atomic E-state index is 12.3. The number of nitrogens with zero attached hydrogens (tertiary/aromatic N) is 3. The van der Waals surface area contributed by atoms with Crippen LogP contribution in [0.2, 0.25) is 0 Å². The number of morpholine rings is 1. The van der Waals surface area contributed by atoms with Crippen LogP contribution in [0.4, 0.5) is 15.6 Å². The van der Waals surface area contributed by atoms with Gasteiger partial charge in [-0.15, -0.1) is 0 Å². The van der Waals surface area contributed by atoms with Gasteiger partial charge < -0.3 is 9.64 Å². The molecule has 2 atom stereocenters. The zero-order chi connectivity index (χ0) is 16.6. The summed E-state index contributed by atoms with van der Waals surface area (Å²) in [6.45, 7) is 4.89. The molecule has 23 heavy (non-hydrogen) atoms. The van der Waals surface area contributed by atoms with Crippen LogP contribution in [0.5, 0.6) is 0 Å². The number of benzene rings is 1. The molecule has 2 heterocycles. The quantitative estimate of drug-likeness (QED) is 0.672. The number of thiazole rings is 1. The second-order valence-electron chi connectivity index (χ2n) is 5.52. The van der Waals surface area contributed by atoms with Crippen LogP contribution in [0.25, 0.3) is 10.2 Å². The van der Waals surface area contributed by atoms with E-state index in [1.54, 1.807) is 11.0 Å². The molecule has 9 heteroatoms. The Bertz CT molecular complexity index is 752. The molecular formula is C14H16N4O4S. The van der Waals surface area contributed by atoms with Crippen molar-refractivity contribution in [3.05, 3.63) is 28.3 Å². The second kappa shape index (κ2) is 6.09. The third-order valence-corrected chi connectivity index (χ3v) is 4.44. The molecule has 1 saturated heterocycles. The van der Waals surface area contributed by atoms with Crippen molar-refractivity contribution in [1.82, 2.24) is 9.88 Å². The van der Waals surface area contributed by atoms with E-state index in [2.05, 4.69) is 10.3 Å². The van der Waals surface area contributed by atoms with Crippen LogP contribution < -0.4 is 5.32 Å². The Hall–Kier alpha value is -2.26. The summed E-state index contributed by atoms with van der Waals surface area (Å²) in [6, 6.07) is 4.21. The summed E-state index contributed by atoms with van der Waals surface area (Å²) in [4.78, 5) is 28.7. The fourth-order valence-electron chi connectivity index (χ4n) is 2.59. The molecule has 2 unspecified atom stereocenters. The topological polar surface area (TPSA) is 97.6 Å². The summed E-state index contributed by atoms with van der Waals surface area (Å²) < 4.78 is 6.27. The predicted octanol–water partition coefficient (Wildman–Crippen LogP) is 2.85. The molecule has 0 bridgehead atoms. The molecule has 0 spiro atoms. The van der Waals surface area contributed by atoms with Gasteiger partial charge in [-0.3, -0.25) is 15.4 Å². The van der Waals surface area contributed by atoms with Gasteiger partial charge in [-0.1, -0.05) is 11.3 Å². The molecule has 1 aromatic carbocycles. The molecule has 2 aromatic rings. The van der Waals surface area contributed by atoms with Crippen LogP contribution in [0, 0.1) is 10.1 Å². The van der Waals surface area contributed by atoms with Gasteiger partial charge in [0.1, 0.15) is 0 Å². The lowest BCUT2D eigenvalue weighted by Gasteiger charge is -2.34. The summed E-state index contributed by atoms with van der Waals surface area (Å²) in [5, 5.41) is 14.0. The third kappa shape index (κ3) is 3.40. The number of aromatic nitrogens is 1. The fourth-order valence-corrected chi connectivity index (χ4v) is 3.48. The van der Waals surface area contributed by atoms with E-state index in [0.29, 0.717) is 28.4 Å². The van der Waals surface area contributed by atoms with Gasteiger partial charge in [-0.25, -0.2) is 9.78 Å². The third-order valence-electron chi connectivity index (χ3n) is 3.50. The lowest BCUT2D eigenvalue weighted by Crippen LogP contribution is -2.49. The van der Waals surface area contributed by atoms with Gasteiger partial charge in [0.25, 0.3) is 5.69 Å². The highest BCUT2D eigenvalue weighted by Gasteiger charge is 2.26. The lowest BCUT2D eigenvalue weighted by atomic mass is 10.2. The average Bonchev–Trinajstić information content (AvgIpc) is 2.87. The molecule has 1 fully saturated rings. The largest absolute Gasteiger partial charge is 0.372 e. The van der Waals surface area contributed by atoms with E-state index in [4.69, 9.17) is 4.74 Å². The molecule has 0 saturated carbocycles. The maximum absolute atomic E-state index is 12.3. The first-order valence-electron chi connectivity index (χ1n) is 7.19. The fraction of sp³-hybridized carbons (Fsp3) is 0.429. The van der Waals surface area contributed by atoms with Crippen LogP contribution in [0.3, 0.4) is 0 Å². The van der Waals surface area contributed by atoms with Gasteiger partial charge in [0.05, 0.1) is 27.3 Å². The molecule has 1 aliphatic heterocycles. The summed E-state index contributed by atoms with van der Waals surface area (Å²) >= 11 is 1.22. The molecule has 0 radical (unpaired) electrons. The summed E-state index contributed by atoms with van der Waals surface area (Å²) in [6.07, 6.45) is -0.0231. The second-order valence-corrected chi connectivity index (χ2v) is 6.55. The van der Waals surface area contributed by atoms with Crippen molar-refractivity contribution in [3.8, 4) is 0 Å². The standard InChI is InChI=1S/C14H16N4O4S/c1-8-6-17(7-9(2)22-8)14(19)16-13-15-11-4-3-10(18(20)21)5-12(11)23-13/h3-5,8-9H,6-7H2,1-2H3,(H,15,16,19). The number of fused-ring (bicyclic) bond motifs is 1. The van der Waals surface area contributed by atoms with Crippen LogP contribution in [-0.4, -0.2) is 46.1 Å². The number of carbonyl (C=O) groups is 1. The SMILES string of the molecule is CC1CN(C(=O)Nc2nc3ccc([N+](=O)[O-])cc3s2)CC(C)O1. The van der Waals surface area contributed by atoms with Gasteiger partial charge in [0.15, 0.2) is 5.13 Å². The Balaban J connectivity index is 1.75. The van der Waals surface area contributed by atoms with Crippen molar-refractivity contribution in [1.29, 1.82) is 0 Å². The van der Waals surface area contributed by atoms with E-state index in [1.807, 2.05) is 13.8 Å². The minimum atomic E-state index is -0.450. The van der Waals surface area contributed by atoms with Crippen molar-refractivity contribution in [2.45, 2.75) is 26.1 Å². The van der Waals surface area contributed by atoms with Gasteiger partial charge >= 0.3 is 6.03 Å². The zero-order valence-electron chi connectivity index (χ0n) is 12.7. The Morgan fingerprint density at radius 1 is 1.43 bits per heavy atom. The molecule has 2 amide bonds. The summed E-state index contributed by atoms with van der Waals surface area (Å²) in [5.74, 6) is 0. The first-order valence-corrected chi connectivity index (χ1v) is 8.00. The number of non-ortho nitro benzene ring substituents is 1. The molecule has 1 aromatic heterocycles. The first-order chi connectivity index (χ1) is 10.9. The van der Waals surface area contributed by atoms with Gasteiger partial charge in [0.2, 0.25) is 0 Å². The Kier molecular flexibility index (Phi) is 4.14. The lowest BCUT2D eigenvalue weighted by molar-refractivity contribution is -0.384. The maximum Gasteiger partial charge on any atom is 0.323 e. The van der Waals surface area contributed by atoms with Gasteiger partial charge in [-0.05, 0) is 19.9 Å². The number of rotatable bonds is 2. The molecule has 3 rings (SSSR count). The average molecular weight is 336 g/mol. The molecule has 1 aliphatic rings. The monoisotopic (exact) mass is 336 g/mol. The van der Waals surface area contributed by atoms with E-state index in [9.17, 15) is 14.9 Å². The number of hydrogen-bond donors (Lipinski definition) is 1. The summed E-state index contributed by atoms with van der Waals surface area (Å²) in [5.41, 5.74) is 0.634. The minimum Gasteiger partial charge on any atom is -0.372 e. The Labute approximate surface area is 136 Å². The highest BCUT2D eigenvalue weighted by molar-refractivity contribution is 7.22.